The molecule has 122 valence electrons. The van der Waals surface area contributed by atoms with Gasteiger partial charge in [-0.2, -0.15) is 0 Å². The predicted octanol–water partition coefficient (Wildman–Crippen LogP) is 1.71. The lowest BCUT2D eigenvalue weighted by atomic mass is 9.66. The van der Waals surface area contributed by atoms with Crippen LogP contribution in [0.15, 0.2) is 12.1 Å². The molecule has 0 radical (unpaired) electrons. The summed E-state index contributed by atoms with van der Waals surface area (Å²) in [6.07, 6.45) is 3.09. The Bertz CT molecular complexity index is 699. The number of ketones is 2. The van der Waals surface area contributed by atoms with Crippen molar-refractivity contribution >= 4 is 11.6 Å². The van der Waals surface area contributed by atoms with Crippen LogP contribution < -0.4 is 9.47 Å². The molecule has 1 saturated carbocycles. The molecule has 0 unspecified atom stereocenters. The molecule has 1 aliphatic carbocycles. The smallest absolute Gasteiger partial charge is 0.161 e. The predicted molar refractivity (Wildman–Crippen MR) is 83.9 cm³/mol. The lowest BCUT2D eigenvalue weighted by Crippen LogP contribution is -2.53. The summed E-state index contributed by atoms with van der Waals surface area (Å²) in [5, 5.41) is 0. The van der Waals surface area contributed by atoms with Crippen molar-refractivity contribution in [2.45, 2.75) is 31.2 Å². The van der Waals surface area contributed by atoms with Gasteiger partial charge < -0.3 is 9.47 Å². The summed E-state index contributed by atoms with van der Waals surface area (Å²) in [7, 11) is 3.25. The Hall–Kier alpha value is -1.88. The zero-order valence-electron chi connectivity index (χ0n) is 13.6. The summed E-state index contributed by atoms with van der Waals surface area (Å²) in [6.45, 7) is 1.21. The molecule has 0 amide bonds. The first-order chi connectivity index (χ1) is 11.1. The van der Waals surface area contributed by atoms with E-state index in [0.29, 0.717) is 24.5 Å². The van der Waals surface area contributed by atoms with Crippen LogP contribution in [-0.2, 0) is 21.5 Å². The van der Waals surface area contributed by atoms with Gasteiger partial charge in [0.2, 0.25) is 0 Å². The van der Waals surface area contributed by atoms with Crippen molar-refractivity contribution in [3.8, 4) is 11.5 Å². The fourth-order valence-corrected chi connectivity index (χ4v) is 4.82. The first-order valence-corrected chi connectivity index (χ1v) is 8.17. The maximum atomic E-state index is 12.5. The van der Waals surface area contributed by atoms with Crippen LogP contribution in [-0.4, -0.2) is 43.8 Å². The lowest BCUT2D eigenvalue weighted by molar-refractivity contribution is -0.135. The second-order valence-corrected chi connectivity index (χ2v) is 6.68. The molecule has 3 aliphatic rings. The molecule has 2 aliphatic heterocycles. The minimum atomic E-state index is -0.506. The van der Waals surface area contributed by atoms with Crippen LogP contribution in [0.5, 0.6) is 11.5 Å². The van der Waals surface area contributed by atoms with Gasteiger partial charge in [-0.25, -0.2) is 0 Å². The number of ether oxygens (including phenoxy) is 2. The average Bonchev–Trinajstić information content (AvgIpc) is 2.87. The summed E-state index contributed by atoms with van der Waals surface area (Å²) >= 11 is 0. The standard InChI is InChI=1S/C18H21NO4/c1-22-15-8-11-5-7-19-10-14(21)17-13(20)4-3-6-18(17,19)12(11)9-16(15)23-2/h8-9,17H,3-7,10H2,1-2H3/t17-,18-/m1/s1. The molecule has 1 aromatic carbocycles. The highest BCUT2D eigenvalue weighted by molar-refractivity contribution is 6.07. The third-order valence-electron chi connectivity index (χ3n) is 5.74. The fraction of sp³-hybridized carbons (Fsp3) is 0.556. The quantitative estimate of drug-likeness (QED) is 0.778. The maximum Gasteiger partial charge on any atom is 0.161 e. The Morgan fingerprint density at radius 2 is 1.83 bits per heavy atom. The van der Waals surface area contributed by atoms with Crippen molar-refractivity contribution in [1.82, 2.24) is 4.90 Å². The first-order valence-electron chi connectivity index (χ1n) is 8.17. The highest BCUT2D eigenvalue weighted by atomic mass is 16.5. The molecule has 2 fully saturated rings. The van der Waals surface area contributed by atoms with Crippen LogP contribution in [0.1, 0.15) is 30.4 Å². The van der Waals surface area contributed by atoms with Crippen molar-refractivity contribution in [3.05, 3.63) is 23.3 Å². The summed E-state index contributed by atoms with van der Waals surface area (Å²) in [5.41, 5.74) is 1.80. The number of Topliss-reactive ketones (excluding diaryl/α,β-unsaturated/α-hetero) is 2. The molecule has 0 bridgehead atoms. The third-order valence-corrected chi connectivity index (χ3v) is 5.74. The summed E-state index contributed by atoms with van der Waals surface area (Å²) in [5.74, 6) is 1.05. The number of benzene rings is 1. The molecular formula is C18H21NO4. The number of nitrogens with zero attached hydrogens (tertiary/aromatic N) is 1. The van der Waals surface area contributed by atoms with Gasteiger partial charge in [0.05, 0.1) is 26.3 Å². The normalized spacial score (nSPS) is 29.7. The molecule has 0 aromatic heterocycles. The zero-order valence-corrected chi connectivity index (χ0v) is 13.6. The molecule has 5 heteroatoms. The Balaban J connectivity index is 1.94. The van der Waals surface area contributed by atoms with Crippen LogP contribution in [0.25, 0.3) is 0 Å². The van der Waals surface area contributed by atoms with Crippen LogP contribution in [0.3, 0.4) is 0 Å². The maximum absolute atomic E-state index is 12.5. The van der Waals surface area contributed by atoms with Crippen LogP contribution in [0.2, 0.25) is 0 Å². The zero-order chi connectivity index (χ0) is 16.2. The molecular weight excluding hydrogens is 294 g/mol. The molecule has 23 heavy (non-hydrogen) atoms. The van der Waals surface area contributed by atoms with E-state index in [9.17, 15) is 9.59 Å². The van der Waals surface area contributed by atoms with Gasteiger partial charge in [-0.05, 0) is 42.5 Å². The van der Waals surface area contributed by atoms with E-state index < -0.39 is 11.5 Å². The molecule has 4 rings (SSSR count). The number of carbonyl (C=O) groups is 2. The Kier molecular flexibility index (Phi) is 3.23. The van der Waals surface area contributed by atoms with Crippen molar-refractivity contribution in [1.29, 1.82) is 0 Å². The fourth-order valence-electron chi connectivity index (χ4n) is 4.82. The van der Waals surface area contributed by atoms with Gasteiger partial charge in [-0.3, -0.25) is 14.5 Å². The van der Waals surface area contributed by atoms with Crippen molar-refractivity contribution < 1.29 is 19.1 Å². The lowest BCUT2D eigenvalue weighted by Gasteiger charge is -2.48. The van der Waals surface area contributed by atoms with Gasteiger partial charge in [0.15, 0.2) is 17.3 Å². The van der Waals surface area contributed by atoms with Crippen LogP contribution in [0, 0.1) is 5.92 Å². The molecule has 0 N–H and O–H groups in total. The SMILES string of the molecule is COc1cc2c(cc1OC)[C@]13CCCC(=O)[C@@H]1C(=O)CN3CC2. The van der Waals surface area contributed by atoms with Crippen LogP contribution >= 0.6 is 0 Å². The van der Waals surface area contributed by atoms with E-state index in [2.05, 4.69) is 4.90 Å². The number of rotatable bonds is 2. The molecule has 1 aromatic rings. The second kappa shape index (κ2) is 5.06. The van der Waals surface area contributed by atoms with E-state index in [1.807, 2.05) is 12.1 Å². The van der Waals surface area contributed by atoms with Crippen molar-refractivity contribution in [2.75, 3.05) is 27.3 Å². The number of carbonyl (C=O) groups excluding carboxylic acids is 2. The summed E-state index contributed by atoms with van der Waals surface area (Å²) in [4.78, 5) is 27.3. The monoisotopic (exact) mass is 315 g/mol. The largest absolute Gasteiger partial charge is 0.493 e. The van der Waals surface area contributed by atoms with Gasteiger partial charge in [0, 0.05) is 13.0 Å². The highest BCUT2D eigenvalue weighted by Gasteiger charge is 2.60. The van der Waals surface area contributed by atoms with E-state index in [-0.39, 0.29) is 11.6 Å². The minimum Gasteiger partial charge on any atom is -0.493 e. The second-order valence-electron chi connectivity index (χ2n) is 6.68. The van der Waals surface area contributed by atoms with Gasteiger partial charge in [-0.1, -0.05) is 0 Å². The molecule has 2 atom stereocenters. The Labute approximate surface area is 135 Å². The number of hydrogen-bond acceptors (Lipinski definition) is 5. The van der Waals surface area contributed by atoms with Gasteiger partial charge >= 0.3 is 0 Å². The van der Waals surface area contributed by atoms with Crippen LogP contribution in [0.4, 0.5) is 0 Å². The van der Waals surface area contributed by atoms with Crippen molar-refractivity contribution in [2.24, 2.45) is 5.92 Å². The van der Waals surface area contributed by atoms with Crippen molar-refractivity contribution in [3.63, 3.8) is 0 Å². The molecule has 5 nitrogen and oxygen atoms in total. The molecule has 1 spiro atoms. The topological polar surface area (TPSA) is 55.8 Å². The molecule has 2 heterocycles. The van der Waals surface area contributed by atoms with E-state index >= 15 is 0 Å². The Morgan fingerprint density at radius 1 is 1.09 bits per heavy atom. The summed E-state index contributed by atoms with van der Waals surface area (Å²) < 4.78 is 10.9. The average molecular weight is 315 g/mol. The highest BCUT2D eigenvalue weighted by Crippen LogP contribution is 2.53. The van der Waals surface area contributed by atoms with E-state index in [1.165, 1.54) is 5.56 Å². The number of methoxy groups -OCH3 is 2. The molecule has 1 saturated heterocycles. The minimum absolute atomic E-state index is 0.0809. The van der Waals surface area contributed by atoms with E-state index in [1.54, 1.807) is 14.2 Å². The van der Waals surface area contributed by atoms with Gasteiger partial charge in [0.25, 0.3) is 0 Å². The van der Waals surface area contributed by atoms with Gasteiger partial charge in [-0.15, -0.1) is 0 Å². The first kappa shape index (κ1) is 14.7. The number of hydrogen-bond donors (Lipinski definition) is 0. The number of fused-ring (bicyclic) bond motifs is 1. The summed E-state index contributed by atoms with van der Waals surface area (Å²) in [6, 6.07) is 4.00. The Morgan fingerprint density at radius 3 is 2.57 bits per heavy atom. The third kappa shape index (κ3) is 1.83. The van der Waals surface area contributed by atoms with E-state index in [4.69, 9.17) is 9.47 Å². The van der Waals surface area contributed by atoms with Gasteiger partial charge in [0.1, 0.15) is 11.7 Å². The van der Waals surface area contributed by atoms with E-state index in [0.717, 1.165) is 31.4 Å².